The lowest BCUT2D eigenvalue weighted by Gasteiger charge is -2.18. The fourth-order valence-corrected chi connectivity index (χ4v) is 5.78. The molecule has 0 saturated carbocycles. The quantitative estimate of drug-likeness (QED) is 0.0265. The molecule has 1 unspecified atom stereocenters. The number of allylic oxidation sites excluding steroid dienone is 20. The Morgan fingerprint density at radius 1 is 0.333 bits per heavy atom. The third kappa shape index (κ3) is 44.9. The summed E-state index contributed by atoms with van der Waals surface area (Å²) >= 11 is 0. The average Bonchev–Trinajstić information content (AvgIpc) is 3.24. The summed E-state index contributed by atoms with van der Waals surface area (Å²) in [5.74, 6) is -1.07. The van der Waals surface area contributed by atoms with Crippen LogP contribution >= 0.6 is 0 Å². The van der Waals surface area contributed by atoms with E-state index in [0.29, 0.717) is 25.7 Å². The number of carbonyl (C=O) groups excluding carboxylic acids is 3. The monoisotopic (exact) mass is 829 g/mol. The molecule has 0 spiro atoms. The lowest BCUT2D eigenvalue weighted by Crippen LogP contribution is -2.30. The molecule has 0 radical (unpaired) electrons. The average molecular weight is 829 g/mol. The van der Waals surface area contributed by atoms with Gasteiger partial charge in [-0.1, -0.05) is 174 Å². The molecule has 60 heavy (non-hydrogen) atoms. The van der Waals surface area contributed by atoms with Crippen molar-refractivity contribution in [2.75, 3.05) is 13.2 Å². The number of hydrogen-bond donors (Lipinski definition) is 0. The van der Waals surface area contributed by atoms with Crippen molar-refractivity contribution < 1.29 is 28.6 Å². The molecule has 0 fully saturated rings. The first kappa shape index (κ1) is 55.8. The number of hydrogen-bond acceptors (Lipinski definition) is 6. The van der Waals surface area contributed by atoms with E-state index in [4.69, 9.17) is 14.2 Å². The number of rotatable bonds is 40. The van der Waals surface area contributed by atoms with Gasteiger partial charge in [-0.25, -0.2) is 0 Å². The maximum Gasteiger partial charge on any atom is 0.306 e. The maximum absolute atomic E-state index is 12.7. The Morgan fingerprint density at radius 2 is 0.633 bits per heavy atom. The van der Waals surface area contributed by atoms with Crippen LogP contribution in [0.1, 0.15) is 181 Å². The molecule has 0 aliphatic rings. The molecule has 0 saturated heterocycles. The third-order valence-corrected chi connectivity index (χ3v) is 9.21. The van der Waals surface area contributed by atoms with E-state index < -0.39 is 6.10 Å². The predicted molar refractivity (Wildman–Crippen MR) is 256 cm³/mol. The highest BCUT2D eigenvalue weighted by molar-refractivity contribution is 5.71. The highest BCUT2D eigenvalue weighted by Crippen LogP contribution is 2.12. The lowest BCUT2D eigenvalue weighted by atomic mass is 10.1. The first-order valence-electron chi connectivity index (χ1n) is 23.5. The smallest absolute Gasteiger partial charge is 0.306 e. The maximum atomic E-state index is 12.7. The molecule has 0 heterocycles. The predicted octanol–water partition coefficient (Wildman–Crippen LogP) is 15.4. The molecule has 0 rings (SSSR count). The summed E-state index contributed by atoms with van der Waals surface area (Å²) in [7, 11) is 0. The van der Waals surface area contributed by atoms with Gasteiger partial charge in [0, 0.05) is 19.3 Å². The highest BCUT2D eigenvalue weighted by atomic mass is 16.6. The topological polar surface area (TPSA) is 78.9 Å². The van der Waals surface area contributed by atoms with Crippen molar-refractivity contribution in [1.29, 1.82) is 0 Å². The zero-order valence-corrected chi connectivity index (χ0v) is 38.2. The molecule has 6 nitrogen and oxygen atoms in total. The summed E-state index contributed by atoms with van der Waals surface area (Å²) in [5.41, 5.74) is 0. The van der Waals surface area contributed by atoms with Gasteiger partial charge in [0.25, 0.3) is 0 Å². The fraction of sp³-hybridized carbons (Fsp3) is 0.574. The van der Waals surface area contributed by atoms with Crippen molar-refractivity contribution in [1.82, 2.24) is 0 Å². The Labute approximate surface area is 367 Å². The molecule has 0 aliphatic carbocycles. The molecule has 0 aromatic heterocycles. The van der Waals surface area contributed by atoms with E-state index in [0.717, 1.165) is 109 Å². The molecule has 336 valence electrons. The normalized spacial score (nSPS) is 13.2. The highest BCUT2D eigenvalue weighted by Gasteiger charge is 2.19. The summed E-state index contributed by atoms with van der Waals surface area (Å²) in [6.07, 6.45) is 64.8. The zero-order chi connectivity index (χ0) is 43.7. The van der Waals surface area contributed by atoms with Gasteiger partial charge in [0.05, 0.1) is 0 Å². The number of unbranched alkanes of at least 4 members (excludes halogenated alkanes) is 9. The molecule has 0 amide bonds. The van der Waals surface area contributed by atoms with Gasteiger partial charge in [-0.3, -0.25) is 14.4 Å². The molecule has 0 aromatic carbocycles. The van der Waals surface area contributed by atoms with E-state index >= 15 is 0 Å². The lowest BCUT2D eigenvalue weighted by molar-refractivity contribution is -0.166. The Kier molecular flexibility index (Phi) is 44.2. The minimum absolute atomic E-state index is 0.128. The van der Waals surface area contributed by atoms with Crippen molar-refractivity contribution in [2.24, 2.45) is 0 Å². The number of esters is 3. The van der Waals surface area contributed by atoms with Crippen molar-refractivity contribution in [2.45, 2.75) is 187 Å². The van der Waals surface area contributed by atoms with E-state index in [2.05, 4.69) is 130 Å². The van der Waals surface area contributed by atoms with E-state index in [1.165, 1.54) is 19.3 Å². The molecule has 1 atom stereocenters. The van der Waals surface area contributed by atoms with E-state index in [-0.39, 0.29) is 37.5 Å². The van der Waals surface area contributed by atoms with Gasteiger partial charge in [-0.05, 0) is 109 Å². The Morgan fingerprint density at radius 3 is 1.07 bits per heavy atom. The third-order valence-electron chi connectivity index (χ3n) is 9.21. The van der Waals surface area contributed by atoms with Gasteiger partial charge in [0.15, 0.2) is 6.10 Å². The molecular weight excluding hydrogens is 745 g/mol. The Balaban J connectivity index is 4.58. The van der Waals surface area contributed by atoms with Gasteiger partial charge in [0.1, 0.15) is 13.2 Å². The van der Waals surface area contributed by atoms with Crippen LogP contribution in [0.15, 0.2) is 122 Å². The molecule has 0 aromatic rings. The summed E-state index contributed by atoms with van der Waals surface area (Å²) in [5, 5.41) is 0. The standard InChI is InChI=1S/C54H84O6/c1-4-7-10-13-16-19-22-25-27-28-30-32-35-38-41-44-47-53(56)59-50-51(49-58-52(55)46-43-40-37-34-31-24-21-18-15-12-9-6-3)60-54(57)48-45-42-39-36-33-29-26-23-20-17-14-11-8-5-2/h7-12,16-21,25,27,30-32,34,38,41,51H,4-6,13-15,22-24,26,28-29,33,35-37,39-40,42-50H2,1-3H3/b10-7-,11-8-,12-9-,19-16-,20-17-,21-18-,27-25-,32-30-,34-31-,41-38-. The van der Waals surface area contributed by atoms with Gasteiger partial charge in [-0.2, -0.15) is 0 Å². The van der Waals surface area contributed by atoms with Crippen LogP contribution < -0.4 is 0 Å². The van der Waals surface area contributed by atoms with E-state index in [1.807, 2.05) is 12.2 Å². The van der Waals surface area contributed by atoms with Gasteiger partial charge < -0.3 is 14.2 Å². The SMILES string of the molecule is CC/C=C\C/C=C\C/C=C\C/C=C\C/C=C\CCC(=O)OCC(COC(=O)CCCC/C=C\C/C=C\C/C=C\CC)OC(=O)CCCCCCCCC/C=C\C/C=C\CC. The van der Waals surface area contributed by atoms with Gasteiger partial charge in [-0.15, -0.1) is 0 Å². The summed E-state index contributed by atoms with van der Waals surface area (Å²) in [6.45, 7) is 6.16. The molecule has 0 N–H and O–H groups in total. The summed E-state index contributed by atoms with van der Waals surface area (Å²) in [4.78, 5) is 37.8. The number of carbonyl (C=O) groups is 3. The minimum Gasteiger partial charge on any atom is -0.462 e. The van der Waals surface area contributed by atoms with Crippen molar-refractivity contribution >= 4 is 17.9 Å². The molecule has 0 bridgehead atoms. The first-order chi connectivity index (χ1) is 29.5. The second kappa shape index (κ2) is 47.5. The Hall–Kier alpha value is -4.19. The van der Waals surface area contributed by atoms with Crippen LogP contribution in [-0.4, -0.2) is 37.2 Å². The van der Waals surface area contributed by atoms with Crippen LogP contribution in [0.5, 0.6) is 0 Å². The van der Waals surface area contributed by atoms with Crippen LogP contribution in [0.2, 0.25) is 0 Å². The van der Waals surface area contributed by atoms with Gasteiger partial charge >= 0.3 is 17.9 Å². The first-order valence-corrected chi connectivity index (χ1v) is 23.5. The zero-order valence-electron chi connectivity index (χ0n) is 38.2. The summed E-state index contributed by atoms with van der Waals surface area (Å²) in [6, 6.07) is 0. The molecular formula is C54H84O6. The molecule has 6 heteroatoms. The number of ether oxygens (including phenoxy) is 3. The van der Waals surface area contributed by atoms with Crippen LogP contribution in [-0.2, 0) is 28.6 Å². The second-order valence-corrected chi connectivity index (χ2v) is 14.9. The van der Waals surface area contributed by atoms with Crippen LogP contribution in [0.4, 0.5) is 0 Å². The van der Waals surface area contributed by atoms with Crippen molar-refractivity contribution in [3.8, 4) is 0 Å². The minimum atomic E-state index is -0.829. The van der Waals surface area contributed by atoms with Crippen molar-refractivity contribution in [3.63, 3.8) is 0 Å². The largest absolute Gasteiger partial charge is 0.462 e. The van der Waals surface area contributed by atoms with Crippen LogP contribution in [0, 0.1) is 0 Å². The molecule has 0 aliphatic heterocycles. The Bertz CT molecular complexity index is 1320. The van der Waals surface area contributed by atoms with Crippen LogP contribution in [0.3, 0.4) is 0 Å². The second-order valence-electron chi connectivity index (χ2n) is 14.9. The summed E-state index contributed by atoms with van der Waals surface area (Å²) < 4.78 is 16.6. The fourth-order valence-electron chi connectivity index (χ4n) is 5.78. The van der Waals surface area contributed by atoms with E-state index in [1.54, 1.807) is 0 Å². The van der Waals surface area contributed by atoms with Gasteiger partial charge in [0.2, 0.25) is 0 Å². The van der Waals surface area contributed by atoms with Crippen molar-refractivity contribution in [3.05, 3.63) is 122 Å². The van der Waals surface area contributed by atoms with Crippen LogP contribution in [0.25, 0.3) is 0 Å². The van der Waals surface area contributed by atoms with E-state index in [9.17, 15) is 14.4 Å².